The normalized spacial score (nSPS) is 16.8. The summed E-state index contributed by atoms with van der Waals surface area (Å²) < 4.78 is 1.19. The molecule has 30 heteroatoms. The molecule has 5 aromatic rings. The molecule has 0 unspecified atom stereocenters. The third kappa shape index (κ3) is 19.9. The topological polar surface area (TPSA) is 478 Å². The smallest absolute Gasteiger partial charge is 0.254 e. The second-order valence-corrected chi connectivity index (χ2v) is 23.2. The van der Waals surface area contributed by atoms with Gasteiger partial charge in [0.15, 0.2) is 5.96 Å². The Morgan fingerprint density at radius 1 is 0.707 bits per heavy atom. The quantitative estimate of drug-likeness (QED) is 0.0117. The molecular formula is C62H81N17O13. The molecule has 10 amide bonds. The Hall–Kier alpha value is -10.2. The monoisotopic (exact) mass is 1270 g/mol. The standard InChI is InChI=1S/C62H81N17O13/c1-34(2)24-45(54(85)72-43(14-8-22-67-62(65)66)61(92)79-23-9-15-50(79)59(90)69-30-51(64)82)74-55(86)46(25-35-10-4-3-5-11-35)75-56(87)47(26-36-16-18-39(81)19-17-36)76-58(89)49(32-80)77-57(88)48(27-37-29-68-42-13-7-6-12-40(37)42)73-53(84)41(63)28-38-31-78(33-70-38)60(91)44-20-21-52(83)71-44/h3-7,10-13,16-19,29,31,33-34,41,43-50,68,80-81H,8-9,14-15,20-28,30,32,63H2,1-2H3,(H2,64,82)(H,69,90)(H,71,83)(H,72,85)(H,73,84)(H,74,86)(H,75,87)(H,76,89)(H,77,88)(H4,65,66,67)/t41-,43-,44-,45-,46+,47-,48-,49-,50-/m0/s1. The number of nitrogens with zero attached hydrogens (tertiary/aromatic N) is 4. The summed E-state index contributed by atoms with van der Waals surface area (Å²) in [5.74, 6) is -8.61. The highest BCUT2D eigenvalue weighted by molar-refractivity contribution is 5.99. The number of phenolic OH excluding ortho intramolecular Hbond substituents is 1. The molecule has 92 heavy (non-hydrogen) atoms. The van der Waals surface area contributed by atoms with E-state index in [9.17, 15) is 63.0 Å². The second kappa shape index (κ2) is 33.0. The molecule has 19 N–H and O–H groups in total. The lowest BCUT2D eigenvalue weighted by Gasteiger charge is -2.30. The van der Waals surface area contributed by atoms with Crippen molar-refractivity contribution in [1.82, 2.24) is 62.0 Å². The minimum absolute atomic E-state index is 0.0000130. The number of para-hydroxylation sites is 1. The zero-order chi connectivity index (χ0) is 66.6. The van der Waals surface area contributed by atoms with E-state index in [2.05, 4.69) is 57.5 Å². The number of nitrogens with one attached hydrogen (secondary N) is 9. The van der Waals surface area contributed by atoms with Crippen molar-refractivity contribution < 1.29 is 63.0 Å². The number of benzene rings is 3. The number of aromatic nitrogens is 3. The lowest BCUT2D eigenvalue weighted by atomic mass is 9.99. The van der Waals surface area contributed by atoms with Gasteiger partial charge < -0.3 is 85.6 Å². The van der Waals surface area contributed by atoms with E-state index in [-0.39, 0.29) is 100 Å². The van der Waals surface area contributed by atoms with Crippen LogP contribution in [0.5, 0.6) is 5.75 Å². The molecule has 0 aliphatic carbocycles. The molecule has 0 bridgehead atoms. The molecule has 0 radical (unpaired) electrons. The fraction of sp³-hybridized carbons (Fsp3) is 0.435. The summed E-state index contributed by atoms with van der Waals surface area (Å²) in [5.41, 5.74) is 25.3. The van der Waals surface area contributed by atoms with Gasteiger partial charge in [0.25, 0.3) is 5.91 Å². The van der Waals surface area contributed by atoms with Crippen molar-refractivity contribution in [2.75, 3.05) is 26.2 Å². The minimum atomic E-state index is -1.77. The first-order valence-corrected chi connectivity index (χ1v) is 30.3. The molecule has 492 valence electrons. The summed E-state index contributed by atoms with van der Waals surface area (Å²) in [6.45, 7) is 2.36. The van der Waals surface area contributed by atoms with Crippen LogP contribution in [0.3, 0.4) is 0 Å². The third-order valence-electron chi connectivity index (χ3n) is 15.6. The van der Waals surface area contributed by atoms with Gasteiger partial charge in [-0.3, -0.25) is 62.3 Å². The first-order chi connectivity index (χ1) is 44.0. The molecular weight excluding hydrogens is 1190 g/mol. The Morgan fingerprint density at radius 3 is 1.92 bits per heavy atom. The predicted octanol–water partition coefficient (Wildman–Crippen LogP) is -2.82. The second-order valence-electron chi connectivity index (χ2n) is 23.2. The molecule has 2 aromatic heterocycles. The lowest BCUT2D eigenvalue weighted by Crippen LogP contribution is -2.61. The van der Waals surface area contributed by atoms with Crippen molar-refractivity contribution in [2.24, 2.45) is 33.8 Å². The fourth-order valence-electron chi connectivity index (χ4n) is 10.8. The summed E-state index contributed by atoms with van der Waals surface area (Å²) in [6, 6.07) is 9.58. The van der Waals surface area contributed by atoms with E-state index in [0.717, 1.165) is 0 Å². The number of aliphatic hydroxyl groups is 1. The summed E-state index contributed by atoms with van der Waals surface area (Å²) in [4.78, 5) is 163. The van der Waals surface area contributed by atoms with Crippen molar-refractivity contribution in [3.63, 3.8) is 0 Å². The van der Waals surface area contributed by atoms with Crippen molar-refractivity contribution in [1.29, 1.82) is 0 Å². The molecule has 2 saturated heterocycles. The molecule has 2 aliphatic rings. The highest BCUT2D eigenvalue weighted by Crippen LogP contribution is 2.22. The van der Waals surface area contributed by atoms with E-state index in [1.54, 1.807) is 74.6 Å². The number of H-pyrrole nitrogens is 1. The molecule has 0 saturated carbocycles. The largest absolute Gasteiger partial charge is 0.508 e. The molecule has 9 atom stereocenters. The van der Waals surface area contributed by atoms with Crippen LogP contribution in [-0.2, 0) is 73.6 Å². The highest BCUT2D eigenvalue weighted by Gasteiger charge is 2.40. The maximum Gasteiger partial charge on any atom is 0.254 e. The number of phenols is 1. The van der Waals surface area contributed by atoms with Crippen molar-refractivity contribution >= 4 is 81.8 Å². The Morgan fingerprint density at radius 2 is 1.29 bits per heavy atom. The summed E-state index contributed by atoms with van der Waals surface area (Å²) in [6.07, 6.45) is 4.96. The van der Waals surface area contributed by atoms with Gasteiger partial charge in [0.05, 0.1) is 24.9 Å². The van der Waals surface area contributed by atoms with Gasteiger partial charge in [0.2, 0.25) is 59.1 Å². The van der Waals surface area contributed by atoms with Gasteiger partial charge in [-0.2, -0.15) is 0 Å². The number of carbonyl (C=O) groups is 11. The van der Waals surface area contributed by atoms with Crippen LogP contribution in [0.1, 0.15) is 86.0 Å². The molecule has 0 spiro atoms. The van der Waals surface area contributed by atoms with E-state index in [4.69, 9.17) is 22.9 Å². The van der Waals surface area contributed by atoms with Crippen LogP contribution in [-0.4, -0.2) is 181 Å². The Balaban J connectivity index is 1.10. The van der Waals surface area contributed by atoms with Gasteiger partial charge in [-0.05, 0) is 79.3 Å². The Kier molecular flexibility index (Phi) is 24.8. The summed E-state index contributed by atoms with van der Waals surface area (Å²) >= 11 is 0. The number of aromatic hydroxyl groups is 1. The number of amides is 10. The van der Waals surface area contributed by atoms with Gasteiger partial charge in [0.1, 0.15) is 60.4 Å². The van der Waals surface area contributed by atoms with E-state index >= 15 is 0 Å². The number of hydrogen-bond donors (Lipinski definition) is 15. The van der Waals surface area contributed by atoms with Gasteiger partial charge in [-0.25, -0.2) is 4.98 Å². The van der Waals surface area contributed by atoms with Gasteiger partial charge in [0, 0.05) is 68.5 Å². The number of aromatic amines is 1. The third-order valence-corrected chi connectivity index (χ3v) is 15.6. The SMILES string of the molecule is CC(C)C[C@H](NC(=O)[C@@H](Cc1ccccc1)NC(=O)[C@H](Cc1ccc(O)cc1)NC(=O)[C@H](CO)NC(=O)[C@H](Cc1c[nH]c2ccccc12)NC(=O)[C@@H](N)Cc1cn(C(=O)[C@@H]2CCC(=O)N2)cn1)C(=O)N[C@@H](CCCN=C(N)N)C(=O)N1CCC[C@H]1C(=O)NCC(N)=O. The van der Waals surface area contributed by atoms with E-state index < -0.39 is 127 Å². The van der Waals surface area contributed by atoms with E-state index in [0.29, 0.717) is 40.4 Å². The van der Waals surface area contributed by atoms with Gasteiger partial charge >= 0.3 is 0 Å². The van der Waals surface area contributed by atoms with Crippen molar-refractivity contribution in [2.45, 2.75) is 139 Å². The first kappa shape index (κ1) is 69.2. The van der Waals surface area contributed by atoms with Crippen LogP contribution in [0, 0.1) is 5.92 Å². The van der Waals surface area contributed by atoms with Crippen LogP contribution in [0.25, 0.3) is 10.9 Å². The number of rotatable bonds is 32. The number of aliphatic hydroxyl groups excluding tert-OH is 1. The fourth-order valence-corrected chi connectivity index (χ4v) is 10.8. The molecule has 3 aromatic carbocycles. The number of guanidine groups is 1. The molecule has 4 heterocycles. The van der Waals surface area contributed by atoms with Crippen molar-refractivity contribution in [3.8, 4) is 5.75 Å². The maximum atomic E-state index is 14.9. The van der Waals surface area contributed by atoms with Crippen LogP contribution in [0.4, 0.5) is 0 Å². The highest BCUT2D eigenvalue weighted by atomic mass is 16.3. The van der Waals surface area contributed by atoms with E-state index in [1.807, 2.05) is 0 Å². The number of nitrogens with two attached hydrogens (primary N) is 4. The summed E-state index contributed by atoms with van der Waals surface area (Å²) in [7, 11) is 0. The van der Waals surface area contributed by atoms with Crippen molar-refractivity contribution in [3.05, 3.63) is 120 Å². The Bertz CT molecular complexity index is 3480. The van der Waals surface area contributed by atoms with Crippen LogP contribution in [0.2, 0.25) is 0 Å². The predicted molar refractivity (Wildman–Crippen MR) is 335 cm³/mol. The van der Waals surface area contributed by atoms with Crippen LogP contribution < -0.4 is 65.5 Å². The molecule has 7 rings (SSSR count). The number of fused-ring (bicyclic) bond motifs is 1. The zero-order valence-corrected chi connectivity index (χ0v) is 51.1. The minimum Gasteiger partial charge on any atom is -0.508 e. The average molecular weight is 1270 g/mol. The first-order valence-electron chi connectivity index (χ1n) is 30.3. The number of hydrogen-bond acceptors (Lipinski definition) is 16. The number of imidazole rings is 1. The van der Waals surface area contributed by atoms with Gasteiger partial charge in [-0.15, -0.1) is 0 Å². The van der Waals surface area contributed by atoms with E-state index in [1.165, 1.54) is 46.3 Å². The molecule has 30 nitrogen and oxygen atoms in total. The zero-order valence-electron chi connectivity index (χ0n) is 51.1. The molecule has 2 fully saturated rings. The number of primary amides is 1. The number of carbonyl (C=O) groups excluding carboxylic acids is 11. The number of aliphatic imine (C=N–C) groups is 1. The van der Waals surface area contributed by atoms with Crippen LogP contribution in [0.15, 0.2) is 103 Å². The summed E-state index contributed by atoms with van der Waals surface area (Å²) in [5, 5.41) is 42.8. The molecule has 2 aliphatic heterocycles. The van der Waals surface area contributed by atoms with Gasteiger partial charge in [-0.1, -0.05) is 74.5 Å². The van der Waals surface area contributed by atoms with Crippen LogP contribution >= 0.6 is 0 Å². The average Bonchev–Trinajstić information content (AvgIpc) is 1.64. The number of likely N-dealkylation sites (tertiary alicyclic amines) is 1. The lowest BCUT2D eigenvalue weighted by molar-refractivity contribution is -0.142. The maximum absolute atomic E-state index is 14.9. The Labute approximate surface area is 529 Å².